The van der Waals surface area contributed by atoms with Crippen molar-refractivity contribution in [3.05, 3.63) is 71.3 Å². The van der Waals surface area contributed by atoms with Gasteiger partial charge in [-0.1, -0.05) is 48.5 Å². The fourth-order valence-electron chi connectivity index (χ4n) is 2.51. The lowest BCUT2D eigenvalue weighted by molar-refractivity contribution is -0.133. The van der Waals surface area contributed by atoms with Gasteiger partial charge < -0.3 is 9.84 Å². The largest absolute Gasteiger partial charge is 0.481 e. The van der Waals surface area contributed by atoms with Gasteiger partial charge in [0, 0.05) is 10.5 Å². The van der Waals surface area contributed by atoms with Gasteiger partial charge in [-0.05, 0) is 11.6 Å². The van der Waals surface area contributed by atoms with E-state index < -0.39 is 12.1 Å². The topological polar surface area (TPSA) is 63.6 Å². The average molecular weight is 326 g/mol. The SMILES string of the molecule is O=CC1=C(SCC(=O)O)c2ccccc2OC1c1ccccc1. The van der Waals surface area contributed by atoms with Crippen molar-refractivity contribution in [1.29, 1.82) is 0 Å². The number of carbonyl (C=O) groups is 2. The third-order valence-electron chi connectivity index (χ3n) is 3.49. The zero-order valence-electron chi connectivity index (χ0n) is 12.1. The Morgan fingerprint density at radius 1 is 1.13 bits per heavy atom. The lowest BCUT2D eigenvalue weighted by Crippen LogP contribution is -2.18. The van der Waals surface area contributed by atoms with Crippen LogP contribution in [0.3, 0.4) is 0 Å². The van der Waals surface area contributed by atoms with Crippen LogP contribution in [0, 0.1) is 0 Å². The van der Waals surface area contributed by atoms with Crippen LogP contribution in [0.1, 0.15) is 17.2 Å². The molecular weight excluding hydrogens is 312 g/mol. The number of aldehydes is 1. The van der Waals surface area contributed by atoms with Crippen LogP contribution in [-0.4, -0.2) is 23.1 Å². The van der Waals surface area contributed by atoms with Gasteiger partial charge in [0.25, 0.3) is 0 Å². The van der Waals surface area contributed by atoms with Crippen LogP contribution in [0.15, 0.2) is 60.2 Å². The Bertz CT molecular complexity index is 768. The Labute approximate surface area is 137 Å². The van der Waals surface area contributed by atoms with Crippen molar-refractivity contribution in [2.24, 2.45) is 0 Å². The van der Waals surface area contributed by atoms with Crippen LogP contribution in [0.25, 0.3) is 4.91 Å². The fourth-order valence-corrected chi connectivity index (χ4v) is 3.42. The summed E-state index contributed by atoms with van der Waals surface area (Å²) in [6.45, 7) is 0. The van der Waals surface area contributed by atoms with Crippen LogP contribution in [0.5, 0.6) is 5.75 Å². The summed E-state index contributed by atoms with van der Waals surface area (Å²) >= 11 is 1.15. The highest BCUT2D eigenvalue weighted by molar-refractivity contribution is 8.08. The van der Waals surface area contributed by atoms with E-state index in [0.29, 0.717) is 16.2 Å². The summed E-state index contributed by atoms with van der Waals surface area (Å²) < 4.78 is 6.01. The summed E-state index contributed by atoms with van der Waals surface area (Å²) in [4.78, 5) is 23.3. The summed E-state index contributed by atoms with van der Waals surface area (Å²) in [6, 6.07) is 16.8. The molecule has 4 nitrogen and oxygen atoms in total. The van der Waals surface area contributed by atoms with Crippen molar-refractivity contribution < 1.29 is 19.4 Å². The first kappa shape index (κ1) is 15.4. The number of carboxylic acid groups (broad SMARTS) is 1. The molecule has 2 aromatic rings. The van der Waals surface area contributed by atoms with E-state index >= 15 is 0 Å². The van der Waals surface area contributed by atoms with Gasteiger partial charge in [-0.25, -0.2) is 0 Å². The maximum Gasteiger partial charge on any atom is 0.313 e. The smallest absolute Gasteiger partial charge is 0.313 e. The maximum absolute atomic E-state index is 11.7. The minimum Gasteiger partial charge on any atom is -0.481 e. The highest BCUT2D eigenvalue weighted by atomic mass is 32.2. The summed E-state index contributed by atoms with van der Waals surface area (Å²) in [5.74, 6) is -0.379. The minimum atomic E-state index is -0.923. The fraction of sp³-hybridized carbons (Fsp3) is 0.111. The van der Waals surface area contributed by atoms with E-state index in [1.807, 2.05) is 54.6 Å². The average Bonchev–Trinajstić information content (AvgIpc) is 2.59. The summed E-state index contributed by atoms with van der Waals surface area (Å²) in [6.07, 6.45) is 0.234. The number of ether oxygens (including phenoxy) is 1. The number of carboxylic acids is 1. The van der Waals surface area contributed by atoms with E-state index in [0.717, 1.165) is 29.2 Å². The second kappa shape index (κ2) is 6.71. The molecule has 1 N–H and O–H groups in total. The first-order chi connectivity index (χ1) is 11.2. The van der Waals surface area contributed by atoms with Crippen LogP contribution in [0.2, 0.25) is 0 Å². The summed E-state index contributed by atoms with van der Waals surface area (Å²) in [7, 11) is 0. The normalized spacial score (nSPS) is 16.4. The molecule has 1 atom stereocenters. The molecule has 0 aliphatic carbocycles. The quantitative estimate of drug-likeness (QED) is 0.851. The first-order valence-electron chi connectivity index (χ1n) is 7.05. The molecule has 1 heterocycles. The molecule has 0 fully saturated rings. The van der Waals surface area contributed by atoms with Gasteiger partial charge in [-0.3, -0.25) is 9.59 Å². The van der Waals surface area contributed by atoms with Gasteiger partial charge in [0.15, 0.2) is 12.4 Å². The second-order valence-corrected chi connectivity index (χ2v) is 5.98. The molecule has 1 aliphatic heterocycles. The van der Waals surface area contributed by atoms with E-state index in [1.54, 1.807) is 0 Å². The Kier molecular flexibility index (Phi) is 4.48. The first-order valence-corrected chi connectivity index (χ1v) is 8.04. The van der Waals surface area contributed by atoms with Gasteiger partial charge >= 0.3 is 5.97 Å². The molecule has 2 aromatic carbocycles. The van der Waals surface area contributed by atoms with Crippen molar-refractivity contribution in [3.63, 3.8) is 0 Å². The molecule has 3 rings (SSSR count). The minimum absolute atomic E-state index is 0.109. The zero-order valence-corrected chi connectivity index (χ0v) is 13.0. The van der Waals surface area contributed by atoms with Crippen LogP contribution >= 0.6 is 11.8 Å². The number of aliphatic carboxylic acids is 1. The van der Waals surface area contributed by atoms with Gasteiger partial charge in [0.2, 0.25) is 0 Å². The Hall–Kier alpha value is -2.53. The number of rotatable bonds is 5. The predicted molar refractivity (Wildman–Crippen MR) is 89.3 cm³/mol. The highest BCUT2D eigenvalue weighted by Gasteiger charge is 2.30. The van der Waals surface area contributed by atoms with Gasteiger partial charge in [-0.2, -0.15) is 0 Å². The van der Waals surface area contributed by atoms with E-state index in [-0.39, 0.29) is 5.75 Å². The molecule has 0 radical (unpaired) electrons. The standard InChI is InChI=1S/C18H14O4S/c19-10-14-17(12-6-2-1-3-7-12)22-15-9-5-4-8-13(15)18(14)23-11-16(20)21/h1-10,17H,11H2,(H,20,21). The van der Waals surface area contributed by atoms with Crippen molar-refractivity contribution >= 4 is 28.9 Å². The number of fused-ring (bicyclic) bond motifs is 1. The molecule has 1 unspecified atom stereocenters. The molecule has 0 aromatic heterocycles. The number of hydrogen-bond acceptors (Lipinski definition) is 4. The van der Waals surface area contributed by atoms with E-state index in [9.17, 15) is 9.59 Å². The molecule has 1 aliphatic rings. The molecule has 0 saturated heterocycles. The summed E-state index contributed by atoms with van der Waals surface area (Å²) in [5.41, 5.74) is 2.08. The number of benzene rings is 2. The summed E-state index contributed by atoms with van der Waals surface area (Å²) in [5, 5.41) is 8.97. The monoisotopic (exact) mass is 326 g/mol. The second-order valence-electron chi connectivity index (χ2n) is 4.99. The third kappa shape index (κ3) is 3.14. The highest BCUT2D eigenvalue weighted by Crippen LogP contribution is 2.45. The van der Waals surface area contributed by atoms with E-state index in [2.05, 4.69) is 0 Å². The van der Waals surface area contributed by atoms with Crippen LogP contribution in [-0.2, 0) is 9.59 Å². The predicted octanol–water partition coefficient (Wildman–Crippen LogP) is 3.55. The Morgan fingerprint density at radius 2 is 1.83 bits per heavy atom. The van der Waals surface area contributed by atoms with E-state index in [1.165, 1.54) is 0 Å². The van der Waals surface area contributed by atoms with E-state index in [4.69, 9.17) is 9.84 Å². The molecule has 0 amide bonds. The van der Waals surface area contributed by atoms with Crippen molar-refractivity contribution in [2.75, 3.05) is 5.75 Å². The molecule has 116 valence electrons. The molecular formula is C18H14O4S. The Balaban J connectivity index is 2.11. The number of carbonyl (C=O) groups excluding carboxylic acids is 1. The van der Waals surface area contributed by atoms with Crippen molar-refractivity contribution in [3.8, 4) is 5.75 Å². The number of para-hydroxylation sites is 1. The van der Waals surface area contributed by atoms with Crippen LogP contribution < -0.4 is 4.74 Å². The molecule has 23 heavy (non-hydrogen) atoms. The van der Waals surface area contributed by atoms with Gasteiger partial charge in [0.05, 0.1) is 11.3 Å². The maximum atomic E-state index is 11.7. The molecule has 0 spiro atoms. The van der Waals surface area contributed by atoms with Gasteiger partial charge in [0.1, 0.15) is 5.75 Å². The molecule has 0 saturated carbocycles. The third-order valence-corrected chi connectivity index (χ3v) is 4.63. The van der Waals surface area contributed by atoms with Crippen LogP contribution in [0.4, 0.5) is 0 Å². The Morgan fingerprint density at radius 3 is 2.52 bits per heavy atom. The number of hydrogen-bond donors (Lipinski definition) is 1. The van der Waals surface area contributed by atoms with Crippen molar-refractivity contribution in [2.45, 2.75) is 6.10 Å². The molecule has 5 heteroatoms. The van der Waals surface area contributed by atoms with Gasteiger partial charge in [-0.15, -0.1) is 11.8 Å². The number of thioether (sulfide) groups is 1. The van der Waals surface area contributed by atoms with Crippen molar-refractivity contribution in [1.82, 2.24) is 0 Å². The lowest BCUT2D eigenvalue weighted by Gasteiger charge is -2.28. The lowest BCUT2D eigenvalue weighted by atomic mass is 9.97. The zero-order chi connectivity index (χ0) is 16.2. The molecule has 0 bridgehead atoms.